The van der Waals surface area contributed by atoms with Crippen LogP contribution in [-0.2, 0) is 19.1 Å². The Kier molecular flexibility index (Phi) is 6.81. The molecule has 0 saturated carbocycles. The molecule has 1 aliphatic heterocycles. The first-order chi connectivity index (χ1) is 16.4. The van der Waals surface area contributed by atoms with Crippen molar-refractivity contribution in [3.05, 3.63) is 59.7 Å². The van der Waals surface area contributed by atoms with Gasteiger partial charge in [0.2, 0.25) is 11.8 Å². The molecule has 3 N–H and O–H groups in total. The van der Waals surface area contributed by atoms with Gasteiger partial charge in [-0.15, -0.1) is 0 Å². The molecule has 178 valence electrons. The van der Waals surface area contributed by atoms with E-state index in [-0.39, 0.29) is 24.9 Å². The predicted octanol–water partition coefficient (Wildman–Crippen LogP) is 2.11. The summed E-state index contributed by atoms with van der Waals surface area (Å²) < 4.78 is 5.44. The molecule has 2 atom stereocenters. The van der Waals surface area contributed by atoms with E-state index in [1.165, 1.54) is 0 Å². The first kappa shape index (κ1) is 23.3. The number of nitrogens with one attached hydrogen (secondary N) is 2. The van der Waals surface area contributed by atoms with E-state index in [1.807, 2.05) is 55.5 Å². The van der Waals surface area contributed by atoms with Gasteiger partial charge in [-0.05, 0) is 29.2 Å². The van der Waals surface area contributed by atoms with E-state index < -0.39 is 36.5 Å². The number of carboxylic acids is 1. The Morgan fingerprint density at radius 3 is 2.26 bits per heavy atom. The summed E-state index contributed by atoms with van der Waals surface area (Å²) in [6.07, 6.45) is -1.33. The quantitative estimate of drug-likeness (QED) is 0.548. The molecular weight excluding hydrogens is 438 g/mol. The third kappa shape index (κ3) is 4.88. The minimum absolute atomic E-state index is 0.0455. The SMILES string of the molecule is CCN1CC(NC(=O)C(CC(=O)O)NC(=O)OCC2c3ccccc3-c3ccccc32)CC1=O. The zero-order valence-corrected chi connectivity index (χ0v) is 18.8. The number of fused-ring (bicyclic) bond motifs is 3. The summed E-state index contributed by atoms with van der Waals surface area (Å²) >= 11 is 0. The lowest BCUT2D eigenvalue weighted by Gasteiger charge is -2.21. The Hall–Kier alpha value is -3.88. The third-order valence-electron chi connectivity index (χ3n) is 6.27. The summed E-state index contributed by atoms with van der Waals surface area (Å²) in [5.74, 6) is -2.13. The molecule has 1 saturated heterocycles. The van der Waals surface area contributed by atoms with E-state index in [1.54, 1.807) is 4.90 Å². The number of likely N-dealkylation sites (tertiary alicyclic amines) is 1. The number of alkyl carbamates (subject to hydrolysis) is 1. The highest BCUT2D eigenvalue weighted by molar-refractivity contribution is 5.90. The van der Waals surface area contributed by atoms with Crippen molar-refractivity contribution in [1.82, 2.24) is 15.5 Å². The molecule has 2 aromatic rings. The zero-order chi connectivity index (χ0) is 24.2. The van der Waals surface area contributed by atoms with E-state index in [9.17, 15) is 24.3 Å². The molecule has 2 aliphatic rings. The minimum Gasteiger partial charge on any atom is -0.481 e. The fourth-order valence-corrected chi connectivity index (χ4v) is 4.64. The molecule has 2 unspecified atom stereocenters. The van der Waals surface area contributed by atoms with Gasteiger partial charge in [0.15, 0.2) is 0 Å². The van der Waals surface area contributed by atoms with Gasteiger partial charge in [0, 0.05) is 25.4 Å². The molecule has 1 fully saturated rings. The van der Waals surface area contributed by atoms with Crippen molar-refractivity contribution in [2.75, 3.05) is 19.7 Å². The van der Waals surface area contributed by atoms with E-state index in [0.717, 1.165) is 22.3 Å². The zero-order valence-electron chi connectivity index (χ0n) is 18.8. The van der Waals surface area contributed by atoms with Crippen LogP contribution in [-0.4, -0.2) is 65.7 Å². The summed E-state index contributed by atoms with van der Waals surface area (Å²) in [6, 6.07) is 14.0. The Labute approximate surface area is 197 Å². The molecule has 9 nitrogen and oxygen atoms in total. The monoisotopic (exact) mass is 465 g/mol. The maximum atomic E-state index is 12.7. The van der Waals surface area contributed by atoms with Crippen LogP contribution in [0.25, 0.3) is 11.1 Å². The van der Waals surface area contributed by atoms with Crippen molar-refractivity contribution in [2.24, 2.45) is 0 Å². The Balaban J connectivity index is 1.39. The van der Waals surface area contributed by atoms with Crippen molar-refractivity contribution in [2.45, 2.75) is 37.8 Å². The van der Waals surface area contributed by atoms with Crippen LogP contribution in [0.5, 0.6) is 0 Å². The molecule has 0 spiro atoms. The molecule has 1 heterocycles. The molecule has 2 aromatic carbocycles. The van der Waals surface area contributed by atoms with Crippen LogP contribution in [0.1, 0.15) is 36.8 Å². The molecule has 4 rings (SSSR count). The lowest BCUT2D eigenvalue weighted by molar-refractivity contribution is -0.140. The molecule has 1 aliphatic carbocycles. The highest BCUT2D eigenvalue weighted by atomic mass is 16.5. The second-order valence-electron chi connectivity index (χ2n) is 8.46. The number of hydrogen-bond donors (Lipinski definition) is 3. The number of rotatable bonds is 8. The van der Waals surface area contributed by atoms with Gasteiger partial charge in [0.25, 0.3) is 0 Å². The molecular formula is C25H27N3O6. The second kappa shape index (κ2) is 9.94. The van der Waals surface area contributed by atoms with Gasteiger partial charge in [-0.1, -0.05) is 48.5 Å². The van der Waals surface area contributed by atoms with Gasteiger partial charge in [-0.2, -0.15) is 0 Å². The number of carbonyl (C=O) groups excluding carboxylic acids is 3. The van der Waals surface area contributed by atoms with Gasteiger partial charge >= 0.3 is 12.1 Å². The fraction of sp³-hybridized carbons (Fsp3) is 0.360. The average Bonchev–Trinajstić information content (AvgIpc) is 3.33. The first-order valence-corrected chi connectivity index (χ1v) is 11.3. The van der Waals surface area contributed by atoms with Crippen molar-refractivity contribution >= 4 is 23.9 Å². The molecule has 0 bridgehead atoms. The number of amides is 3. The summed E-state index contributed by atoms with van der Waals surface area (Å²) in [7, 11) is 0. The molecule has 3 amide bonds. The van der Waals surface area contributed by atoms with E-state index in [2.05, 4.69) is 10.6 Å². The Bertz CT molecular complexity index is 1070. The minimum atomic E-state index is -1.32. The number of aliphatic carboxylic acids is 1. The summed E-state index contributed by atoms with van der Waals surface area (Å²) in [5.41, 5.74) is 4.26. The van der Waals surface area contributed by atoms with Crippen molar-refractivity contribution in [1.29, 1.82) is 0 Å². The molecule has 0 radical (unpaired) electrons. The number of carbonyl (C=O) groups is 4. The molecule has 0 aromatic heterocycles. The molecule has 9 heteroatoms. The van der Waals surface area contributed by atoms with E-state index in [4.69, 9.17) is 4.74 Å². The van der Waals surface area contributed by atoms with Gasteiger partial charge < -0.3 is 25.4 Å². The lowest BCUT2D eigenvalue weighted by atomic mass is 9.98. The van der Waals surface area contributed by atoms with Crippen LogP contribution < -0.4 is 10.6 Å². The average molecular weight is 466 g/mol. The highest BCUT2D eigenvalue weighted by Crippen LogP contribution is 2.44. The number of nitrogens with zero attached hydrogens (tertiary/aromatic N) is 1. The fourth-order valence-electron chi connectivity index (χ4n) is 4.64. The maximum Gasteiger partial charge on any atom is 0.407 e. The van der Waals surface area contributed by atoms with Crippen LogP contribution >= 0.6 is 0 Å². The molecule has 34 heavy (non-hydrogen) atoms. The highest BCUT2D eigenvalue weighted by Gasteiger charge is 2.33. The van der Waals surface area contributed by atoms with Gasteiger partial charge in [0.05, 0.1) is 12.5 Å². The van der Waals surface area contributed by atoms with Crippen molar-refractivity contribution in [3.8, 4) is 11.1 Å². The van der Waals surface area contributed by atoms with Gasteiger partial charge in [-0.25, -0.2) is 4.79 Å². The van der Waals surface area contributed by atoms with Crippen molar-refractivity contribution < 1.29 is 29.0 Å². The Morgan fingerprint density at radius 1 is 1.09 bits per heavy atom. The normalized spacial score (nSPS) is 17.6. The number of hydrogen-bond acceptors (Lipinski definition) is 5. The topological polar surface area (TPSA) is 125 Å². The standard InChI is InChI=1S/C25H27N3O6/c1-2-28-13-15(11-22(28)29)26-24(32)21(12-23(30)31)27-25(33)34-14-20-18-9-5-3-7-16(18)17-8-4-6-10-19(17)20/h3-10,15,20-21H,2,11-14H2,1H3,(H,26,32)(H,27,33)(H,30,31). The van der Waals surface area contributed by atoms with Crippen molar-refractivity contribution in [3.63, 3.8) is 0 Å². The van der Waals surface area contributed by atoms with E-state index in [0.29, 0.717) is 13.1 Å². The van der Waals surface area contributed by atoms with Crippen LogP contribution in [0.15, 0.2) is 48.5 Å². The second-order valence-corrected chi connectivity index (χ2v) is 8.46. The Morgan fingerprint density at radius 2 is 1.71 bits per heavy atom. The smallest absolute Gasteiger partial charge is 0.407 e. The van der Waals surface area contributed by atoms with Crippen LogP contribution in [0.3, 0.4) is 0 Å². The summed E-state index contributed by atoms with van der Waals surface area (Å²) in [6.45, 7) is 2.77. The van der Waals surface area contributed by atoms with Gasteiger partial charge in [0.1, 0.15) is 12.6 Å². The van der Waals surface area contributed by atoms with Crippen LogP contribution in [0.4, 0.5) is 4.79 Å². The lowest BCUT2D eigenvalue weighted by Crippen LogP contribution is -2.51. The summed E-state index contributed by atoms with van der Waals surface area (Å²) in [5, 5.41) is 14.3. The van der Waals surface area contributed by atoms with Crippen LogP contribution in [0, 0.1) is 0 Å². The predicted molar refractivity (Wildman–Crippen MR) is 123 cm³/mol. The number of ether oxygens (including phenoxy) is 1. The van der Waals surface area contributed by atoms with Gasteiger partial charge in [-0.3, -0.25) is 14.4 Å². The van der Waals surface area contributed by atoms with E-state index >= 15 is 0 Å². The third-order valence-corrected chi connectivity index (χ3v) is 6.27. The summed E-state index contributed by atoms with van der Waals surface area (Å²) in [4.78, 5) is 50.0. The van der Waals surface area contributed by atoms with Crippen LogP contribution in [0.2, 0.25) is 0 Å². The number of benzene rings is 2. The maximum absolute atomic E-state index is 12.7. The first-order valence-electron chi connectivity index (χ1n) is 11.3. The largest absolute Gasteiger partial charge is 0.481 e. The number of likely N-dealkylation sites (N-methyl/N-ethyl adjacent to an activating group) is 1. The number of carboxylic acid groups (broad SMARTS) is 1.